The Morgan fingerprint density at radius 1 is 1.25 bits per heavy atom. The predicted molar refractivity (Wildman–Crippen MR) is 73.0 cm³/mol. The van der Waals surface area contributed by atoms with E-state index in [0.717, 1.165) is 0 Å². The fourth-order valence-electron chi connectivity index (χ4n) is 1.95. The standard InChI is InChI=1S/C14H11N3O3/c1-15-13(18)9-2-4-11(5-3-9)17-14(19)12-10(8-16-17)6-7-20-12/h2-8H,1H3,(H,15,18). The minimum atomic E-state index is -0.333. The maximum absolute atomic E-state index is 12.2. The van der Waals surface area contributed by atoms with Gasteiger partial charge in [-0.25, -0.2) is 0 Å². The maximum Gasteiger partial charge on any atom is 0.315 e. The van der Waals surface area contributed by atoms with Gasteiger partial charge in [0.1, 0.15) is 0 Å². The third-order valence-electron chi connectivity index (χ3n) is 3.00. The van der Waals surface area contributed by atoms with Gasteiger partial charge in [0.25, 0.3) is 5.91 Å². The molecule has 0 saturated carbocycles. The van der Waals surface area contributed by atoms with Gasteiger partial charge in [-0.2, -0.15) is 9.78 Å². The molecule has 20 heavy (non-hydrogen) atoms. The fourth-order valence-corrected chi connectivity index (χ4v) is 1.95. The molecule has 0 fully saturated rings. The first-order valence-corrected chi connectivity index (χ1v) is 5.99. The van der Waals surface area contributed by atoms with Gasteiger partial charge in [-0.1, -0.05) is 0 Å². The summed E-state index contributed by atoms with van der Waals surface area (Å²) in [6, 6.07) is 8.27. The van der Waals surface area contributed by atoms with Crippen LogP contribution in [0.3, 0.4) is 0 Å². The molecule has 0 saturated heterocycles. The van der Waals surface area contributed by atoms with Crippen molar-refractivity contribution in [3.05, 3.63) is 58.7 Å². The summed E-state index contributed by atoms with van der Waals surface area (Å²) in [5.41, 5.74) is 1.01. The number of amides is 1. The van der Waals surface area contributed by atoms with Crippen LogP contribution in [0.4, 0.5) is 0 Å². The number of hydrogen-bond acceptors (Lipinski definition) is 4. The first kappa shape index (κ1) is 12.2. The lowest BCUT2D eigenvalue weighted by Gasteiger charge is -2.05. The van der Waals surface area contributed by atoms with Crippen LogP contribution in [-0.4, -0.2) is 22.7 Å². The number of nitrogens with zero attached hydrogens (tertiary/aromatic N) is 2. The number of furan rings is 1. The lowest BCUT2D eigenvalue weighted by atomic mass is 10.2. The van der Waals surface area contributed by atoms with Gasteiger partial charge in [-0.3, -0.25) is 9.59 Å². The van der Waals surface area contributed by atoms with Gasteiger partial charge < -0.3 is 9.73 Å². The second-order valence-corrected chi connectivity index (χ2v) is 4.19. The molecule has 1 amide bonds. The summed E-state index contributed by atoms with van der Waals surface area (Å²) >= 11 is 0. The van der Waals surface area contributed by atoms with E-state index in [1.54, 1.807) is 43.6 Å². The van der Waals surface area contributed by atoms with Crippen molar-refractivity contribution >= 4 is 16.9 Å². The largest absolute Gasteiger partial charge is 0.458 e. The lowest BCUT2D eigenvalue weighted by Crippen LogP contribution is -2.21. The van der Waals surface area contributed by atoms with Gasteiger partial charge in [0.15, 0.2) is 0 Å². The van der Waals surface area contributed by atoms with Gasteiger partial charge in [0.2, 0.25) is 5.58 Å². The van der Waals surface area contributed by atoms with E-state index < -0.39 is 0 Å². The van der Waals surface area contributed by atoms with E-state index >= 15 is 0 Å². The highest BCUT2D eigenvalue weighted by atomic mass is 16.3. The summed E-state index contributed by atoms with van der Waals surface area (Å²) in [6.07, 6.45) is 3.01. The quantitative estimate of drug-likeness (QED) is 0.761. The molecule has 6 heteroatoms. The highest BCUT2D eigenvalue weighted by Gasteiger charge is 2.09. The number of benzene rings is 1. The number of fused-ring (bicyclic) bond motifs is 1. The summed E-state index contributed by atoms with van der Waals surface area (Å²) in [7, 11) is 1.56. The molecule has 6 nitrogen and oxygen atoms in total. The highest BCUT2D eigenvalue weighted by Crippen LogP contribution is 2.11. The summed E-state index contributed by atoms with van der Waals surface area (Å²) in [6.45, 7) is 0. The molecule has 0 radical (unpaired) electrons. The summed E-state index contributed by atoms with van der Waals surface area (Å²) in [5.74, 6) is -0.182. The van der Waals surface area contributed by atoms with Crippen LogP contribution in [0.5, 0.6) is 0 Å². The zero-order valence-electron chi connectivity index (χ0n) is 10.7. The Kier molecular flexibility index (Phi) is 2.83. The number of rotatable bonds is 2. The third-order valence-corrected chi connectivity index (χ3v) is 3.00. The van der Waals surface area contributed by atoms with Crippen LogP contribution in [0.1, 0.15) is 10.4 Å². The number of carbonyl (C=O) groups excluding carboxylic acids is 1. The molecule has 3 rings (SSSR count). The average Bonchev–Trinajstić information content (AvgIpc) is 2.96. The SMILES string of the molecule is CNC(=O)c1ccc(-n2ncc3ccoc3c2=O)cc1. The van der Waals surface area contributed by atoms with Gasteiger partial charge in [0.05, 0.1) is 18.1 Å². The van der Waals surface area contributed by atoms with E-state index in [2.05, 4.69) is 10.4 Å². The Morgan fingerprint density at radius 3 is 2.70 bits per heavy atom. The second kappa shape index (κ2) is 4.65. The number of nitrogens with one attached hydrogen (secondary N) is 1. The molecule has 2 aromatic heterocycles. The van der Waals surface area contributed by atoms with Crippen LogP contribution in [0.15, 0.2) is 52.0 Å². The van der Waals surface area contributed by atoms with Crippen molar-refractivity contribution in [3.8, 4) is 5.69 Å². The minimum absolute atomic E-state index is 0.182. The van der Waals surface area contributed by atoms with Crippen molar-refractivity contribution in [1.29, 1.82) is 0 Å². The number of aromatic nitrogens is 2. The molecule has 0 aliphatic carbocycles. The second-order valence-electron chi connectivity index (χ2n) is 4.19. The number of hydrogen-bond donors (Lipinski definition) is 1. The highest BCUT2D eigenvalue weighted by molar-refractivity contribution is 5.94. The topological polar surface area (TPSA) is 77.1 Å². The predicted octanol–water partition coefficient (Wildman–Crippen LogP) is 1.34. The van der Waals surface area contributed by atoms with Crippen molar-refractivity contribution in [1.82, 2.24) is 15.1 Å². The molecule has 0 aliphatic rings. The summed E-state index contributed by atoms with van der Waals surface area (Å²) < 4.78 is 6.39. The fraction of sp³-hybridized carbons (Fsp3) is 0.0714. The van der Waals surface area contributed by atoms with E-state index in [1.165, 1.54) is 10.9 Å². The Hall–Kier alpha value is -2.89. The molecule has 0 unspecified atom stereocenters. The molecular formula is C14H11N3O3. The molecular weight excluding hydrogens is 258 g/mol. The average molecular weight is 269 g/mol. The van der Waals surface area contributed by atoms with Gasteiger partial charge >= 0.3 is 5.56 Å². The van der Waals surface area contributed by atoms with Crippen molar-refractivity contribution in [2.24, 2.45) is 0 Å². The molecule has 0 spiro atoms. The van der Waals surface area contributed by atoms with Crippen LogP contribution in [0.2, 0.25) is 0 Å². The molecule has 3 aromatic rings. The molecule has 1 N–H and O–H groups in total. The Labute approximate surface area is 113 Å². The Morgan fingerprint density at radius 2 is 2.00 bits per heavy atom. The van der Waals surface area contributed by atoms with Crippen molar-refractivity contribution in [2.45, 2.75) is 0 Å². The molecule has 0 atom stereocenters. The van der Waals surface area contributed by atoms with Gasteiger partial charge in [0, 0.05) is 18.0 Å². The van der Waals surface area contributed by atoms with Crippen molar-refractivity contribution in [2.75, 3.05) is 7.05 Å². The van der Waals surface area contributed by atoms with E-state index in [0.29, 0.717) is 16.6 Å². The minimum Gasteiger partial charge on any atom is -0.458 e. The van der Waals surface area contributed by atoms with Crippen LogP contribution < -0.4 is 10.9 Å². The van der Waals surface area contributed by atoms with E-state index in [4.69, 9.17) is 4.42 Å². The van der Waals surface area contributed by atoms with Crippen LogP contribution in [0, 0.1) is 0 Å². The molecule has 1 aromatic carbocycles. The van der Waals surface area contributed by atoms with E-state index in [1.807, 2.05) is 0 Å². The number of carbonyl (C=O) groups is 1. The smallest absolute Gasteiger partial charge is 0.315 e. The van der Waals surface area contributed by atoms with Crippen LogP contribution in [0.25, 0.3) is 16.7 Å². The first-order valence-electron chi connectivity index (χ1n) is 5.99. The molecule has 0 aliphatic heterocycles. The third kappa shape index (κ3) is 1.87. The van der Waals surface area contributed by atoms with Crippen LogP contribution in [-0.2, 0) is 0 Å². The van der Waals surface area contributed by atoms with Gasteiger partial charge in [-0.15, -0.1) is 0 Å². The van der Waals surface area contributed by atoms with Gasteiger partial charge in [-0.05, 0) is 30.3 Å². The maximum atomic E-state index is 12.2. The summed E-state index contributed by atoms with van der Waals surface area (Å²) in [5, 5.41) is 7.28. The summed E-state index contributed by atoms with van der Waals surface area (Å²) in [4.78, 5) is 23.7. The van der Waals surface area contributed by atoms with Crippen molar-refractivity contribution in [3.63, 3.8) is 0 Å². The van der Waals surface area contributed by atoms with E-state index in [-0.39, 0.29) is 17.0 Å². The Bertz CT molecular complexity index is 831. The first-order chi connectivity index (χ1) is 9.70. The van der Waals surface area contributed by atoms with E-state index in [9.17, 15) is 9.59 Å². The molecule has 0 bridgehead atoms. The normalized spacial score (nSPS) is 10.7. The zero-order chi connectivity index (χ0) is 14.1. The van der Waals surface area contributed by atoms with Crippen molar-refractivity contribution < 1.29 is 9.21 Å². The Balaban J connectivity index is 2.09. The molecule has 2 heterocycles. The lowest BCUT2D eigenvalue weighted by molar-refractivity contribution is 0.0963. The molecule has 100 valence electrons. The van der Waals surface area contributed by atoms with Crippen LogP contribution >= 0.6 is 0 Å². The monoisotopic (exact) mass is 269 g/mol. The zero-order valence-corrected chi connectivity index (χ0v) is 10.7.